The summed E-state index contributed by atoms with van der Waals surface area (Å²) in [6.07, 6.45) is -0.0586. The van der Waals surface area contributed by atoms with Crippen molar-refractivity contribution in [3.8, 4) is 6.07 Å². The first-order valence-electron chi connectivity index (χ1n) is 9.38. The molecule has 8 heteroatoms. The minimum Gasteiger partial charge on any atom is -0.382 e. The van der Waals surface area contributed by atoms with E-state index in [4.69, 9.17) is 0 Å². The second-order valence-electron chi connectivity index (χ2n) is 7.43. The topological polar surface area (TPSA) is 112 Å². The third-order valence-corrected chi connectivity index (χ3v) is 4.79. The van der Waals surface area contributed by atoms with Crippen LogP contribution in [0.3, 0.4) is 0 Å². The number of aliphatic hydroxyl groups is 1. The third-order valence-electron chi connectivity index (χ3n) is 4.79. The zero-order valence-corrected chi connectivity index (χ0v) is 16.8. The predicted molar refractivity (Wildman–Crippen MR) is 109 cm³/mol. The molecule has 3 rings (SSSR count). The SMILES string of the molecule is Cc1cc(C#N)cc(C(O)c2c(C(C)C)c(=O)[nH]c(=O)n2Cc2ccnc(F)c2)c1. The summed E-state index contributed by atoms with van der Waals surface area (Å²) in [6.45, 7) is 5.26. The van der Waals surface area contributed by atoms with Crippen molar-refractivity contribution >= 4 is 0 Å². The number of nitriles is 1. The molecule has 3 aromatic rings. The number of aliphatic hydroxyl groups excluding tert-OH is 1. The van der Waals surface area contributed by atoms with Gasteiger partial charge in [-0.2, -0.15) is 9.65 Å². The second-order valence-corrected chi connectivity index (χ2v) is 7.43. The monoisotopic (exact) mass is 408 g/mol. The highest BCUT2D eigenvalue weighted by Gasteiger charge is 2.25. The second kappa shape index (κ2) is 8.43. The van der Waals surface area contributed by atoms with Gasteiger partial charge in [-0.15, -0.1) is 0 Å². The Morgan fingerprint density at radius 3 is 2.63 bits per heavy atom. The van der Waals surface area contributed by atoms with Crippen LogP contribution in [-0.4, -0.2) is 19.6 Å². The average molecular weight is 408 g/mol. The van der Waals surface area contributed by atoms with Crippen molar-refractivity contribution in [2.75, 3.05) is 0 Å². The number of aryl methyl sites for hydroxylation is 1. The molecule has 154 valence electrons. The van der Waals surface area contributed by atoms with Gasteiger partial charge in [0.1, 0.15) is 6.10 Å². The number of halogens is 1. The number of aromatic amines is 1. The molecule has 0 saturated carbocycles. The van der Waals surface area contributed by atoms with Crippen LogP contribution in [0, 0.1) is 24.2 Å². The van der Waals surface area contributed by atoms with Crippen LogP contribution in [-0.2, 0) is 6.54 Å². The first-order chi connectivity index (χ1) is 14.2. The molecule has 0 bridgehead atoms. The van der Waals surface area contributed by atoms with Crippen LogP contribution in [0.2, 0.25) is 0 Å². The summed E-state index contributed by atoms with van der Waals surface area (Å²) in [5.74, 6) is -1.01. The Kier molecular flexibility index (Phi) is 5.94. The summed E-state index contributed by atoms with van der Waals surface area (Å²) in [6, 6.07) is 9.65. The Labute approximate surface area is 172 Å². The molecular formula is C22H21FN4O3. The van der Waals surface area contributed by atoms with Crippen molar-refractivity contribution in [1.82, 2.24) is 14.5 Å². The van der Waals surface area contributed by atoms with Gasteiger partial charge in [-0.05, 0) is 53.8 Å². The standard InChI is InChI=1S/C22H21FN4O3/c1-12(2)18-19(20(28)16-7-13(3)6-15(8-16)10-24)27(22(30)26-21(18)29)11-14-4-5-25-17(23)9-14/h4-9,12,20,28H,11H2,1-3H3,(H,26,29,30). The molecule has 0 spiro atoms. The maximum atomic E-state index is 13.6. The first kappa shape index (κ1) is 21.1. The van der Waals surface area contributed by atoms with Gasteiger partial charge in [0, 0.05) is 11.8 Å². The minimum atomic E-state index is -1.34. The summed E-state index contributed by atoms with van der Waals surface area (Å²) in [5, 5.41) is 20.5. The zero-order chi connectivity index (χ0) is 22.0. The van der Waals surface area contributed by atoms with Gasteiger partial charge in [-0.1, -0.05) is 19.9 Å². The van der Waals surface area contributed by atoms with E-state index in [0.717, 1.165) is 5.56 Å². The predicted octanol–water partition coefficient (Wildman–Crippen LogP) is 2.50. The summed E-state index contributed by atoms with van der Waals surface area (Å²) in [7, 11) is 0. The number of pyridine rings is 1. The molecule has 0 fully saturated rings. The van der Waals surface area contributed by atoms with Crippen LogP contribution < -0.4 is 11.2 Å². The maximum Gasteiger partial charge on any atom is 0.328 e. The zero-order valence-electron chi connectivity index (χ0n) is 16.8. The molecule has 0 aliphatic rings. The smallest absolute Gasteiger partial charge is 0.328 e. The molecule has 30 heavy (non-hydrogen) atoms. The van der Waals surface area contributed by atoms with Crippen LogP contribution in [0.1, 0.15) is 59.4 Å². The molecule has 0 amide bonds. The van der Waals surface area contributed by atoms with Crippen molar-refractivity contribution in [2.24, 2.45) is 0 Å². The normalized spacial score (nSPS) is 12.0. The lowest BCUT2D eigenvalue weighted by molar-refractivity contribution is 0.206. The maximum absolute atomic E-state index is 13.6. The molecule has 7 nitrogen and oxygen atoms in total. The number of nitrogens with one attached hydrogen (secondary N) is 1. The molecule has 1 aromatic carbocycles. The van der Waals surface area contributed by atoms with Gasteiger partial charge < -0.3 is 5.11 Å². The highest BCUT2D eigenvalue weighted by molar-refractivity contribution is 5.41. The van der Waals surface area contributed by atoms with Crippen LogP contribution in [0.15, 0.2) is 46.1 Å². The Balaban J connectivity index is 2.28. The number of benzene rings is 1. The Hall–Kier alpha value is -3.57. The Bertz CT molecular complexity index is 1250. The summed E-state index contributed by atoms with van der Waals surface area (Å²) in [4.78, 5) is 31.1. The van der Waals surface area contributed by atoms with Crippen molar-refractivity contribution < 1.29 is 9.50 Å². The van der Waals surface area contributed by atoms with Gasteiger partial charge in [0.15, 0.2) is 0 Å². The first-order valence-corrected chi connectivity index (χ1v) is 9.38. The molecule has 2 N–H and O–H groups in total. The fourth-order valence-electron chi connectivity index (χ4n) is 3.53. The third kappa shape index (κ3) is 4.21. The van der Waals surface area contributed by atoms with Gasteiger partial charge in [0.05, 0.1) is 23.9 Å². The number of hydrogen-bond donors (Lipinski definition) is 2. The number of nitrogens with zero attached hydrogens (tertiary/aromatic N) is 3. The Morgan fingerprint density at radius 1 is 1.27 bits per heavy atom. The van der Waals surface area contributed by atoms with Gasteiger partial charge in [-0.25, -0.2) is 9.78 Å². The lowest BCUT2D eigenvalue weighted by atomic mass is 9.94. The van der Waals surface area contributed by atoms with Gasteiger partial charge >= 0.3 is 5.69 Å². The lowest BCUT2D eigenvalue weighted by Crippen LogP contribution is -2.37. The van der Waals surface area contributed by atoms with Gasteiger partial charge in [0.25, 0.3) is 5.56 Å². The summed E-state index contributed by atoms with van der Waals surface area (Å²) >= 11 is 0. The van der Waals surface area contributed by atoms with E-state index < -0.39 is 23.3 Å². The molecule has 0 saturated heterocycles. The van der Waals surface area contributed by atoms with E-state index in [2.05, 4.69) is 9.97 Å². The molecule has 0 aliphatic carbocycles. The van der Waals surface area contributed by atoms with Crippen LogP contribution in [0.5, 0.6) is 0 Å². The molecule has 1 unspecified atom stereocenters. The summed E-state index contributed by atoms with van der Waals surface area (Å²) in [5.41, 5.74) is 0.990. The quantitative estimate of drug-likeness (QED) is 0.630. The van der Waals surface area contributed by atoms with E-state index in [9.17, 15) is 24.3 Å². The minimum absolute atomic E-state index is 0.0713. The lowest BCUT2D eigenvalue weighted by Gasteiger charge is -2.23. The number of aromatic nitrogens is 3. The van der Waals surface area contributed by atoms with Crippen LogP contribution in [0.4, 0.5) is 4.39 Å². The highest BCUT2D eigenvalue weighted by Crippen LogP contribution is 2.28. The van der Waals surface area contributed by atoms with Gasteiger partial charge in [-0.3, -0.25) is 14.3 Å². The molecule has 2 heterocycles. The van der Waals surface area contributed by atoms with Crippen molar-refractivity contribution in [3.05, 3.63) is 96.8 Å². The fraction of sp³-hybridized carbons (Fsp3) is 0.273. The van der Waals surface area contributed by atoms with E-state index in [0.29, 0.717) is 16.7 Å². The molecular weight excluding hydrogens is 387 g/mol. The van der Waals surface area contributed by atoms with E-state index in [1.165, 1.54) is 22.9 Å². The molecule has 1 atom stereocenters. The molecule has 0 radical (unpaired) electrons. The van der Waals surface area contributed by atoms with Crippen molar-refractivity contribution in [1.29, 1.82) is 5.26 Å². The van der Waals surface area contributed by atoms with E-state index in [1.807, 2.05) is 6.07 Å². The van der Waals surface area contributed by atoms with Crippen molar-refractivity contribution in [2.45, 2.75) is 39.3 Å². The van der Waals surface area contributed by atoms with Crippen LogP contribution in [0.25, 0.3) is 0 Å². The molecule has 0 aliphatic heterocycles. The van der Waals surface area contributed by atoms with Crippen molar-refractivity contribution in [3.63, 3.8) is 0 Å². The van der Waals surface area contributed by atoms with E-state index in [1.54, 1.807) is 39.0 Å². The number of rotatable bonds is 5. The molecule has 2 aromatic heterocycles. The highest BCUT2D eigenvalue weighted by atomic mass is 19.1. The average Bonchev–Trinajstić information content (AvgIpc) is 2.68. The van der Waals surface area contributed by atoms with Crippen LogP contribution >= 0.6 is 0 Å². The van der Waals surface area contributed by atoms with E-state index >= 15 is 0 Å². The number of H-pyrrole nitrogens is 1. The van der Waals surface area contributed by atoms with E-state index in [-0.39, 0.29) is 23.7 Å². The number of hydrogen-bond acceptors (Lipinski definition) is 5. The summed E-state index contributed by atoms with van der Waals surface area (Å²) < 4.78 is 14.8. The largest absolute Gasteiger partial charge is 0.382 e. The Morgan fingerprint density at radius 2 is 2.00 bits per heavy atom. The fourth-order valence-corrected chi connectivity index (χ4v) is 3.53. The van der Waals surface area contributed by atoms with Gasteiger partial charge in [0.2, 0.25) is 5.95 Å².